The monoisotopic (exact) mass is 255 g/mol. The normalized spacial score (nSPS) is 10.7. The fraction of sp³-hybridized carbons (Fsp3) is 0.133. The van der Waals surface area contributed by atoms with E-state index in [1.165, 1.54) is 15.6 Å². The van der Waals surface area contributed by atoms with Crippen LogP contribution in [0.5, 0.6) is 5.75 Å². The molecule has 0 amide bonds. The van der Waals surface area contributed by atoms with Gasteiger partial charge in [0.15, 0.2) is 0 Å². The summed E-state index contributed by atoms with van der Waals surface area (Å²) in [4.78, 5) is 4.12. The number of hydrogen-bond donors (Lipinski definition) is 0. The molecule has 0 aliphatic rings. The lowest BCUT2D eigenvalue weighted by Crippen LogP contribution is -1.98. The Balaban J connectivity index is 1.78. The molecule has 90 valence electrons. The van der Waals surface area contributed by atoms with E-state index in [-0.39, 0.29) is 0 Å². The van der Waals surface area contributed by atoms with Crippen molar-refractivity contribution < 1.29 is 4.74 Å². The lowest BCUT2D eigenvalue weighted by molar-refractivity contribution is 0.305. The third kappa shape index (κ3) is 2.22. The van der Waals surface area contributed by atoms with E-state index < -0.39 is 0 Å². The van der Waals surface area contributed by atoms with Gasteiger partial charge in [-0.2, -0.15) is 0 Å². The number of fused-ring (bicyclic) bond motifs is 1. The molecule has 3 heteroatoms. The lowest BCUT2D eigenvalue weighted by Gasteiger charge is -2.08. The second-order valence-corrected chi connectivity index (χ2v) is 5.16. The quantitative estimate of drug-likeness (QED) is 0.700. The predicted octanol–water partition coefficient (Wildman–Crippen LogP) is 4.18. The van der Waals surface area contributed by atoms with Gasteiger partial charge in [-0.05, 0) is 53.6 Å². The van der Waals surface area contributed by atoms with Gasteiger partial charge in [-0.3, -0.25) is 4.98 Å². The van der Waals surface area contributed by atoms with E-state index >= 15 is 0 Å². The molecule has 0 saturated heterocycles. The highest BCUT2D eigenvalue weighted by Crippen LogP contribution is 2.25. The Morgan fingerprint density at radius 2 is 2.17 bits per heavy atom. The first kappa shape index (κ1) is 11.2. The van der Waals surface area contributed by atoms with E-state index in [1.807, 2.05) is 18.3 Å². The average molecular weight is 255 g/mol. The van der Waals surface area contributed by atoms with Crippen LogP contribution in [0.2, 0.25) is 0 Å². The first-order chi connectivity index (χ1) is 8.83. The van der Waals surface area contributed by atoms with E-state index in [4.69, 9.17) is 4.74 Å². The molecule has 0 saturated carbocycles. The van der Waals surface area contributed by atoms with Crippen molar-refractivity contribution in [1.29, 1.82) is 0 Å². The van der Waals surface area contributed by atoms with Gasteiger partial charge in [0.05, 0.1) is 0 Å². The summed E-state index contributed by atoms with van der Waals surface area (Å²) >= 11 is 1.75. The van der Waals surface area contributed by atoms with E-state index in [0.29, 0.717) is 6.61 Å². The molecular weight excluding hydrogens is 242 g/mol. The van der Waals surface area contributed by atoms with Gasteiger partial charge in [0.1, 0.15) is 12.4 Å². The van der Waals surface area contributed by atoms with Crippen molar-refractivity contribution in [2.45, 2.75) is 13.5 Å². The molecule has 0 fully saturated rings. The summed E-state index contributed by atoms with van der Waals surface area (Å²) in [7, 11) is 0. The van der Waals surface area contributed by atoms with E-state index in [9.17, 15) is 0 Å². The number of rotatable bonds is 3. The molecule has 3 aromatic rings. The van der Waals surface area contributed by atoms with Crippen molar-refractivity contribution in [3.05, 3.63) is 59.2 Å². The zero-order valence-electron chi connectivity index (χ0n) is 10.1. The van der Waals surface area contributed by atoms with Crippen molar-refractivity contribution in [2.24, 2.45) is 0 Å². The van der Waals surface area contributed by atoms with E-state index in [0.717, 1.165) is 11.3 Å². The third-order valence-corrected chi connectivity index (χ3v) is 3.86. The van der Waals surface area contributed by atoms with Crippen molar-refractivity contribution in [2.75, 3.05) is 0 Å². The Morgan fingerprint density at radius 1 is 1.22 bits per heavy atom. The van der Waals surface area contributed by atoms with Crippen LogP contribution in [0.25, 0.3) is 10.1 Å². The van der Waals surface area contributed by atoms with Crippen molar-refractivity contribution in [3.63, 3.8) is 0 Å². The molecule has 0 N–H and O–H groups in total. The van der Waals surface area contributed by atoms with Gasteiger partial charge in [0, 0.05) is 22.7 Å². The highest BCUT2D eigenvalue weighted by Gasteiger charge is 2.01. The summed E-state index contributed by atoms with van der Waals surface area (Å²) in [6, 6.07) is 10.3. The predicted molar refractivity (Wildman–Crippen MR) is 75.1 cm³/mol. The van der Waals surface area contributed by atoms with Gasteiger partial charge in [0.25, 0.3) is 0 Å². The van der Waals surface area contributed by atoms with E-state index in [2.05, 4.69) is 35.5 Å². The van der Waals surface area contributed by atoms with Crippen LogP contribution in [0, 0.1) is 6.92 Å². The van der Waals surface area contributed by atoms with Crippen LogP contribution >= 0.6 is 11.3 Å². The van der Waals surface area contributed by atoms with Crippen LogP contribution in [-0.2, 0) is 6.61 Å². The molecule has 0 unspecified atom stereocenters. The first-order valence-electron chi connectivity index (χ1n) is 5.82. The summed E-state index contributed by atoms with van der Waals surface area (Å²) in [5.41, 5.74) is 2.34. The minimum Gasteiger partial charge on any atom is -0.489 e. The largest absolute Gasteiger partial charge is 0.489 e. The van der Waals surface area contributed by atoms with Gasteiger partial charge >= 0.3 is 0 Å². The number of ether oxygens (including phenoxy) is 1. The summed E-state index contributed by atoms with van der Waals surface area (Å²) < 4.78 is 7.11. The van der Waals surface area contributed by atoms with Crippen LogP contribution in [0.4, 0.5) is 0 Å². The number of aryl methyl sites for hydroxylation is 1. The standard InChI is InChI=1S/C15H13NOS/c1-11-4-6-16-9-13(11)10-17-14-2-3-15-12(8-14)5-7-18-15/h2-9H,10H2,1H3. The maximum Gasteiger partial charge on any atom is 0.120 e. The Morgan fingerprint density at radius 3 is 3.06 bits per heavy atom. The minimum absolute atomic E-state index is 0.565. The molecule has 2 aromatic heterocycles. The Bertz CT molecular complexity index is 675. The molecule has 2 heterocycles. The second-order valence-electron chi connectivity index (χ2n) is 4.21. The minimum atomic E-state index is 0.565. The highest BCUT2D eigenvalue weighted by atomic mass is 32.1. The molecule has 3 rings (SSSR count). The first-order valence-corrected chi connectivity index (χ1v) is 6.70. The number of hydrogen-bond acceptors (Lipinski definition) is 3. The van der Waals surface area contributed by atoms with Crippen molar-refractivity contribution in [3.8, 4) is 5.75 Å². The van der Waals surface area contributed by atoms with Crippen molar-refractivity contribution in [1.82, 2.24) is 4.98 Å². The number of aromatic nitrogens is 1. The zero-order chi connectivity index (χ0) is 12.4. The summed E-state index contributed by atoms with van der Waals surface area (Å²) in [6.07, 6.45) is 3.66. The van der Waals surface area contributed by atoms with Crippen LogP contribution in [0.1, 0.15) is 11.1 Å². The van der Waals surface area contributed by atoms with Crippen LogP contribution in [0.15, 0.2) is 48.1 Å². The third-order valence-electron chi connectivity index (χ3n) is 2.97. The maximum atomic E-state index is 5.82. The van der Waals surface area contributed by atoms with Gasteiger partial charge in [-0.1, -0.05) is 0 Å². The molecular formula is C15H13NOS. The second kappa shape index (κ2) is 4.78. The SMILES string of the molecule is Cc1ccncc1COc1ccc2sccc2c1. The van der Waals surface area contributed by atoms with Gasteiger partial charge in [0.2, 0.25) is 0 Å². The Hall–Kier alpha value is -1.87. The number of nitrogens with zero attached hydrogens (tertiary/aromatic N) is 1. The van der Waals surface area contributed by atoms with Crippen LogP contribution in [0.3, 0.4) is 0 Å². The molecule has 0 atom stereocenters. The Kier molecular flexibility index (Phi) is 2.99. The average Bonchev–Trinajstić information content (AvgIpc) is 2.85. The van der Waals surface area contributed by atoms with Gasteiger partial charge < -0.3 is 4.74 Å². The maximum absolute atomic E-state index is 5.82. The number of thiophene rings is 1. The Labute approximate surface area is 110 Å². The number of benzene rings is 1. The van der Waals surface area contributed by atoms with E-state index in [1.54, 1.807) is 17.5 Å². The molecule has 0 aliphatic carbocycles. The van der Waals surface area contributed by atoms with Crippen molar-refractivity contribution >= 4 is 21.4 Å². The molecule has 0 radical (unpaired) electrons. The summed E-state index contributed by atoms with van der Waals surface area (Å²) in [5.74, 6) is 0.907. The smallest absolute Gasteiger partial charge is 0.120 e. The molecule has 1 aromatic carbocycles. The topological polar surface area (TPSA) is 22.1 Å². The fourth-order valence-corrected chi connectivity index (χ4v) is 2.61. The van der Waals surface area contributed by atoms with Gasteiger partial charge in [-0.25, -0.2) is 0 Å². The van der Waals surface area contributed by atoms with Crippen LogP contribution in [-0.4, -0.2) is 4.98 Å². The summed E-state index contributed by atoms with van der Waals surface area (Å²) in [5, 5.41) is 3.33. The fourth-order valence-electron chi connectivity index (χ4n) is 1.84. The molecule has 0 spiro atoms. The molecule has 0 bridgehead atoms. The molecule has 0 aliphatic heterocycles. The summed E-state index contributed by atoms with van der Waals surface area (Å²) in [6.45, 7) is 2.64. The molecule has 18 heavy (non-hydrogen) atoms. The lowest BCUT2D eigenvalue weighted by atomic mass is 10.2. The highest BCUT2D eigenvalue weighted by molar-refractivity contribution is 7.17. The molecule has 2 nitrogen and oxygen atoms in total. The van der Waals surface area contributed by atoms with Gasteiger partial charge in [-0.15, -0.1) is 11.3 Å². The number of pyridine rings is 1. The van der Waals surface area contributed by atoms with Crippen LogP contribution < -0.4 is 4.74 Å². The zero-order valence-corrected chi connectivity index (χ0v) is 10.9.